The first-order valence-electron chi connectivity index (χ1n) is 6.59. The first-order chi connectivity index (χ1) is 10.8. The van der Waals surface area contributed by atoms with Gasteiger partial charge in [-0.1, -0.05) is 28.1 Å². The summed E-state index contributed by atoms with van der Waals surface area (Å²) in [6, 6.07) is 13.5. The summed E-state index contributed by atoms with van der Waals surface area (Å²) < 4.78 is 28.3. The highest BCUT2D eigenvalue weighted by Crippen LogP contribution is 2.16. The van der Waals surface area contributed by atoms with Crippen molar-refractivity contribution in [3.63, 3.8) is 0 Å². The minimum Gasteiger partial charge on any atom is -0.484 e. The molecular formula is C15H15BrN2O4S. The van der Waals surface area contributed by atoms with Crippen molar-refractivity contribution in [2.45, 2.75) is 5.75 Å². The van der Waals surface area contributed by atoms with Gasteiger partial charge in [-0.05, 0) is 42.0 Å². The third-order valence-electron chi connectivity index (χ3n) is 2.79. The molecule has 0 aliphatic carbocycles. The minimum atomic E-state index is -3.57. The summed E-state index contributed by atoms with van der Waals surface area (Å²) in [6.45, 7) is -0.124. The Morgan fingerprint density at radius 2 is 1.70 bits per heavy atom. The molecule has 0 bridgehead atoms. The van der Waals surface area contributed by atoms with Gasteiger partial charge in [0.15, 0.2) is 6.61 Å². The molecule has 6 nitrogen and oxygen atoms in total. The van der Waals surface area contributed by atoms with Crippen molar-refractivity contribution in [1.82, 2.24) is 0 Å². The van der Waals surface area contributed by atoms with Crippen LogP contribution in [0.25, 0.3) is 0 Å². The van der Waals surface area contributed by atoms with Gasteiger partial charge in [0.25, 0.3) is 5.91 Å². The van der Waals surface area contributed by atoms with E-state index in [1.165, 1.54) is 0 Å². The molecule has 8 heteroatoms. The number of nitrogens with one attached hydrogen (secondary N) is 1. The van der Waals surface area contributed by atoms with Gasteiger partial charge in [-0.25, -0.2) is 13.6 Å². The molecular weight excluding hydrogens is 384 g/mol. The number of rotatable bonds is 6. The summed E-state index contributed by atoms with van der Waals surface area (Å²) >= 11 is 3.31. The van der Waals surface area contributed by atoms with Crippen LogP contribution in [-0.4, -0.2) is 20.9 Å². The van der Waals surface area contributed by atoms with E-state index in [0.29, 0.717) is 17.0 Å². The second-order valence-electron chi connectivity index (χ2n) is 4.79. The molecule has 0 radical (unpaired) electrons. The van der Waals surface area contributed by atoms with Gasteiger partial charge < -0.3 is 10.1 Å². The lowest BCUT2D eigenvalue weighted by Crippen LogP contribution is -2.20. The van der Waals surface area contributed by atoms with Crippen LogP contribution in [0.2, 0.25) is 0 Å². The maximum atomic E-state index is 11.8. The zero-order valence-electron chi connectivity index (χ0n) is 12.0. The van der Waals surface area contributed by atoms with Crippen molar-refractivity contribution >= 4 is 37.5 Å². The summed E-state index contributed by atoms with van der Waals surface area (Å²) in [5.74, 6) is 0.0347. The van der Waals surface area contributed by atoms with E-state index in [9.17, 15) is 13.2 Å². The van der Waals surface area contributed by atoms with Crippen LogP contribution in [0.15, 0.2) is 53.0 Å². The van der Waals surface area contributed by atoms with Gasteiger partial charge in [0.1, 0.15) is 5.75 Å². The average Bonchev–Trinajstić information content (AvgIpc) is 2.47. The highest BCUT2D eigenvalue weighted by Gasteiger charge is 2.07. The van der Waals surface area contributed by atoms with Gasteiger partial charge in [-0.2, -0.15) is 0 Å². The Balaban J connectivity index is 1.86. The number of halogens is 1. The molecule has 0 atom stereocenters. The second-order valence-corrected chi connectivity index (χ2v) is 7.32. The fourth-order valence-corrected chi connectivity index (χ4v) is 2.71. The lowest BCUT2D eigenvalue weighted by atomic mass is 10.2. The van der Waals surface area contributed by atoms with Crippen LogP contribution in [0.1, 0.15) is 5.56 Å². The topological polar surface area (TPSA) is 98.5 Å². The van der Waals surface area contributed by atoms with Gasteiger partial charge >= 0.3 is 0 Å². The molecule has 0 heterocycles. The first kappa shape index (κ1) is 17.5. The van der Waals surface area contributed by atoms with Crippen molar-refractivity contribution in [2.24, 2.45) is 5.14 Å². The van der Waals surface area contributed by atoms with E-state index >= 15 is 0 Å². The Hall–Kier alpha value is -1.90. The van der Waals surface area contributed by atoms with Gasteiger partial charge in [0, 0.05) is 10.2 Å². The van der Waals surface area contributed by atoms with Crippen molar-refractivity contribution in [3.8, 4) is 5.75 Å². The number of carbonyl (C=O) groups excluding carboxylic acids is 1. The number of carbonyl (C=O) groups is 1. The third kappa shape index (κ3) is 6.39. The van der Waals surface area contributed by atoms with Crippen molar-refractivity contribution in [2.75, 3.05) is 11.9 Å². The summed E-state index contributed by atoms with van der Waals surface area (Å²) in [6.07, 6.45) is 0. The predicted octanol–water partition coefficient (Wildman–Crippen LogP) is 2.26. The Bertz CT molecular complexity index is 774. The molecule has 122 valence electrons. The highest BCUT2D eigenvalue weighted by molar-refractivity contribution is 9.10. The van der Waals surface area contributed by atoms with E-state index < -0.39 is 10.0 Å². The zero-order chi connectivity index (χ0) is 16.9. The number of sulfonamides is 1. The lowest BCUT2D eigenvalue weighted by molar-refractivity contribution is -0.118. The molecule has 0 saturated heterocycles. The number of benzene rings is 2. The smallest absolute Gasteiger partial charge is 0.262 e. The van der Waals surface area contributed by atoms with Gasteiger partial charge in [-0.3, -0.25) is 4.79 Å². The quantitative estimate of drug-likeness (QED) is 0.779. The Morgan fingerprint density at radius 1 is 1.09 bits per heavy atom. The molecule has 0 aliphatic rings. The molecule has 2 aromatic rings. The van der Waals surface area contributed by atoms with Crippen molar-refractivity contribution < 1.29 is 17.9 Å². The molecule has 0 aromatic heterocycles. The molecule has 0 aliphatic heterocycles. The third-order valence-corrected chi connectivity index (χ3v) is 4.05. The van der Waals surface area contributed by atoms with E-state index in [1.807, 2.05) is 12.1 Å². The highest BCUT2D eigenvalue weighted by atomic mass is 79.9. The molecule has 0 unspecified atom stereocenters. The Labute approximate surface area is 142 Å². The van der Waals surface area contributed by atoms with E-state index in [2.05, 4.69) is 21.2 Å². The molecule has 3 N–H and O–H groups in total. The van der Waals surface area contributed by atoms with Gasteiger partial charge in [0.2, 0.25) is 10.0 Å². The van der Waals surface area contributed by atoms with E-state index in [4.69, 9.17) is 9.88 Å². The lowest BCUT2D eigenvalue weighted by Gasteiger charge is -2.08. The minimum absolute atomic E-state index is 0.124. The SMILES string of the molecule is NS(=O)(=O)Cc1ccc(NC(=O)COc2ccc(Br)cc2)cc1. The van der Waals surface area contributed by atoms with E-state index in [1.54, 1.807) is 36.4 Å². The fourth-order valence-electron chi connectivity index (χ4n) is 1.79. The Kier molecular flexibility index (Phi) is 5.75. The maximum Gasteiger partial charge on any atom is 0.262 e. The number of anilines is 1. The molecule has 0 spiro atoms. The van der Waals surface area contributed by atoms with Crippen LogP contribution in [0, 0.1) is 0 Å². The predicted molar refractivity (Wildman–Crippen MR) is 91.5 cm³/mol. The summed E-state index contributed by atoms with van der Waals surface area (Å²) in [4.78, 5) is 11.8. The van der Waals surface area contributed by atoms with Crippen LogP contribution < -0.4 is 15.2 Å². The molecule has 2 aromatic carbocycles. The van der Waals surface area contributed by atoms with Crippen LogP contribution in [0.5, 0.6) is 5.75 Å². The van der Waals surface area contributed by atoms with Crippen LogP contribution in [-0.2, 0) is 20.6 Å². The molecule has 0 saturated carbocycles. The van der Waals surface area contributed by atoms with Gasteiger partial charge in [0.05, 0.1) is 5.75 Å². The normalized spacial score (nSPS) is 11.0. The van der Waals surface area contributed by atoms with Crippen LogP contribution in [0.3, 0.4) is 0 Å². The van der Waals surface area contributed by atoms with Crippen molar-refractivity contribution in [3.05, 3.63) is 58.6 Å². The molecule has 1 amide bonds. The summed E-state index contributed by atoms with van der Waals surface area (Å²) in [5, 5.41) is 7.63. The van der Waals surface area contributed by atoms with Crippen LogP contribution in [0.4, 0.5) is 5.69 Å². The maximum absolute atomic E-state index is 11.8. The first-order valence-corrected chi connectivity index (χ1v) is 9.10. The molecule has 2 rings (SSSR count). The number of nitrogens with two attached hydrogens (primary N) is 1. The number of amides is 1. The van der Waals surface area contributed by atoms with Gasteiger partial charge in [-0.15, -0.1) is 0 Å². The second kappa shape index (κ2) is 7.58. The molecule has 0 fully saturated rings. The zero-order valence-corrected chi connectivity index (χ0v) is 14.4. The summed E-state index contributed by atoms with van der Waals surface area (Å²) in [5.41, 5.74) is 1.10. The monoisotopic (exact) mass is 398 g/mol. The standard InChI is InChI=1S/C15H15BrN2O4S/c16-12-3-7-14(8-4-12)22-9-15(19)18-13-5-1-11(2-6-13)10-23(17,20)21/h1-8H,9-10H2,(H,18,19)(H2,17,20,21). The fraction of sp³-hybridized carbons (Fsp3) is 0.133. The largest absolute Gasteiger partial charge is 0.484 e. The number of hydrogen-bond donors (Lipinski definition) is 2. The van der Waals surface area contributed by atoms with E-state index in [0.717, 1.165) is 4.47 Å². The number of primary sulfonamides is 1. The molecule has 23 heavy (non-hydrogen) atoms. The van der Waals surface area contributed by atoms with E-state index in [-0.39, 0.29) is 18.3 Å². The Morgan fingerprint density at radius 3 is 2.26 bits per heavy atom. The number of ether oxygens (including phenoxy) is 1. The average molecular weight is 399 g/mol. The summed E-state index contributed by atoms with van der Waals surface area (Å²) in [7, 11) is -3.57. The van der Waals surface area contributed by atoms with Crippen molar-refractivity contribution in [1.29, 1.82) is 0 Å². The van der Waals surface area contributed by atoms with Crippen LogP contribution >= 0.6 is 15.9 Å². The number of hydrogen-bond acceptors (Lipinski definition) is 4.